The number of amides is 3. The lowest BCUT2D eigenvalue weighted by Gasteiger charge is -2.33. The summed E-state index contributed by atoms with van der Waals surface area (Å²) in [6.45, 7) is 0.544. The fourth-order valence-electron chi connectivity index (χ4n) is 4.30. The summed E-state index contributed by atoms with van der Waals surface area (Å²) in [4.78, 5) is 28.9. The zero-order valence-corrected chi connectivity index (χ0v) is 19.6. The molecule has 1 fully saturated rings. The number of fused-ring (bicyclic) bond motifs is 2. The summed E-state index contributed by atoms with van der Waals surface area (Å²) in [5.41, 5.74) is 2.30. The summed E-state index contributed by atoms with van der Waals surface area (Å²) in [5, 5.41) is 3.83. The van der Waals surface area contributed by atoms with E-state index < -0.39 is 16.7 Å². The molecule has 1 spiro atoms. The molecule has 3 aromatic carbocycles. The number of carbonyl (C=O) groups excluding carboxylic acids is 2. The number of urea groups is 1. The molecule has 2 heterocycles. The third kappa shape index (κ3) is 3.74. The van der Waals surface area contributed by atoms with Crippen molar-refractivity contribution < 1.29 is 14.0 Å². The van der Waals surface area contributed by atoms with E-state index in [4.69, 9.17) is 23.2 Å². The van der Waals surface area contributed by atoms with Crippen molar-refractivity contribution >= 4 is 58.3 Å². The highest BCUT2D eigenvalue weighted by Crippen LogP contribution is 2.54. The van der Waals surface area contributed by atoms with Gasteiger partial charge in [0.1, 0.15) is 5.82 Å². The van der Waals surface area contributed by atoms with Crippen LogP contribution in [-0.4, -0.2) is 29.1 Å². The van der Waals surface area contributed by atoms with Crippen LogP contribution in [-0.2, 0) is 16.2 Å². The molecule has 5 rings (SSSR count). The highest BCUT2D eigenvalue weighted by Gasteiger charge is 2.59. The van der Waals surface area contributed by atoms with Crippen LogP contribution in [0, 0.1) is 5.82 Å². The Balaban J connectivity index is 1.54. The zero-order chi connectivity index (χ0) is 23.2. The molecular formula is C24H18Cl2FN3O2S. The Hall–Kier alpha value is -2.74. The number of anilines is 2. The second-order valence-electron chi connectivity index (χ2n) is 7.73. The summed E-state index contributed by atoms with van der Waals surface area (Å²) in [7, 11) is 0. The maximum atomic E-state index is 14.4. The van der Waals surface area contributed by atoms with E-state index >= 15 is 0 Å². The maximum Gasteiger partial charge on any atom is 0.323 e. The van der Waals surface area contributed by atoms with Crippen LogP contribution in [0.15, 0.2) is 66.7 Å². The molecular weight excluding hydrogens is 484 g/mol. The molecule has 9 heteroatoms. The molecule has 0 saturated carbocycles. The molecule has 168 valence electrons. The van der Waals surface area contributed by atoms with Gasteiger partial charge in [-0.1, -0.05) is 47.5 Å². The smallest absolute Gasteiger partial charge is 0.308 e. The second kappa shape index (κ2) is 8.56. The van der Waals surface area contributed by atoms with Gasteiger partial charge in [-0.15, -0.1) is 11.8 Å². The van der Waals surface area contributed by atoms with Gasteiger partial charge in [-0.05, 0) is 48.0 Å². The van der Waals surface area contributed by atoms with Crippen LogP contribution in [0.2, 0.25) is 10.0 Å². The van der Waals surface area contributed by atoms with E-state index in [1.54, 1.807) is 41.3 Å². The monoisotopic (exact) mass is 501 g/mol. The molecule has 3 aromatic rings. The standard InChI is InChI=1S/C24H18Cl2FN3O2S/c25-16-5-3-6-18(12-16)28-23(32)30-10-11-33-24(30)19-13-17(27)8-9-21(19)29(22(24)31)14-15-4-1-2-7-20(15)26/h1-9,12-13H,10-11,14H2,(H,28,32)/t24-/m0/s1. The number of benzene rings is 3. The molecule has 5 nitrogen and oxygen atoms in total. The van der Waals surface area contributed by atoms with Crippen molar-refractivity contribution in [3.05, 3.63) is 93.7 Å². The molecule has 0 radical (unpaired) electrons. The number of hydrogen-bond donors (Lipinski definition) is 1. The first kappa shape index (κ1) is 22.1. The van der Waals surface area contributed by atoms with Crippen molar-refractivity contribution in [2.75, 3.05) is 22.5 Å². The molecule has 3 amide bonds. The molecule has 0 aromatic heterocycles. The molecule has 0 unspecified atom stereocenters. The molecule has 2 aliphatic rings. The molecule has 0 aliphatic carbocycles. The number of nitrogens with zero attached hydrogens (tertiary/aromatic N) is 2. The van der Waals surface area contributed by atoms with Crippen molar-refractivity contribution in [3.8, 4) is 0 Å². The lowest BCUT2D eigenvalue weighted by molar-refractivity contribution is -0.123. The van der Waals surface area contributed by atoms with E-state index in [0.717, 1.165) is 5.56 Å². The fraction of sp³-hybridized carbons (Fsp3) is 0.167. The number of carbonyl (C=O) groups is 2. The van der Waals surface area contributed by atoms with E-state index in [1.165, 1.54) is 28.8 Å². The van der Waals surface area contributed by atoms with Crippen LogP contribution in [0.1, 0.15) is 11.1 Å². The van der Waals surface area contributed by atoms with Crippen LogP contribution in [0.5, 0.6) is 0 Å². The number of rotatable bonds is 3. The third-order valence-electron chi connectivity index (χ3n) is 5.76. The number of halogens is 3. The minimum Gasteiger partial charge on any atom is -0.308 e. The van der Waals surface area contributed by atoms with Gasteiger partial charge in [0, 0.05) is 33.6 Å². The van der Waals surface area contributed by atoms with Crippen molar-refractivity contribution in [3.63, 3.8) is 0 Å². The van der Waals surface area contributed by atoms with Gasteiger partial charge in [-0.2, -0.15) is 0 Å². The Morgan fingerprint density at radius 3 is 2.70 bits per heavy atom. The molecule has 1 N–H and O–H groups in total. The van der Waals surface area contributed by atoms with E-state index in [-0.39, 0.29) is 12.5 Å². The molecule has 2 aliphatic heterocycles. The summed E-state index contributed by atoms with van der Waals surface area (Å²) >= 11 is 13.7. The number of nitrogens with one attached hydrogen (secondary N) is 1. The highest BCUT2D eigenvalue weighted by atomic mass is 35.5. The van der Waals surface area contributed by atoms with Gasteiger partial charge in [-0.3, -0.25) is 9.69 Å². The summed E-state index contributed by atoms with van der Waals surface area (Å²) < 4.78 is 14.4. The van der Waals surface area contributed by atoms with Gasteiger partial charge in [0.15, 0.2) is 4.87 Å². The van der Waals surface area contributed by atoms with E-state index in [0.29, 0.717) is 39.3 Å². The highest BCUT2D eigenvalue weighted by molar-refractivity contribution is 8.01. The predicted octanol–water partition coefficient (Wildman–Crippen LogP) is 6.11. The first-order chi connectivity index (χ1) is 15.9. The van der Waals surface area contributed by atoms with Gasteiger partial charge < -0.3 is 10.2 Å². The first-order valence-electron chi connectivity index (χ1n) is 10.2. The van der Waals surface area contributed by atoms with Crippen LogP contribution in [0.25, 0.3) is 0 Å². The SMILES string of the molecule is O=C(Nc1cccc(Cl)c1)N1CCS[C@@]12C(=O)N(Cc1ccccc1Cl)c1ccc(F)cc12. The van der Waals surface area contributed by atoms with Crippen LogP contribution in [0.4, 0.5) is 20.6 Å². The Kier molecular flexibility index (Phi) is 5.72. The Bertz CT molecular complexity index is 1270. The van der Waals surface area contributed by atoms with Crippen LogP contribution >= 0.6 is 35.0 Å². The summed E-state index contributed by atoms with van der Waals surface area (Å²) in [6, 6.07) is 17.8. The lowest BCUT2D eigenvalue weighted by atomic mass is 10.1. The minimum atomic E-state index is -1.36. The summed E-state index contributed by atoms with van der Waals surface area (Å²) in [5.74, 6) is -0.236. The van der Waals surface area contributed by atoms with Crippen molar-refractivity contribution in [2.24, 2.45) is 0 Å². The minimum absolute atomic E-state index is 0.212. The largest absolute Gasteiger partial charge is 0.323 e. The van der Waals surface area contributed by atoms with Crippen molar-refractivity contribution in [1.29, 1.82) is 0 Å². The van der Waals surface area contributed by atoms with E-state index in [9.17, 15) is 14.0 Å². The van der Waals surface area contributed by atoms with Crippen molar-refractivity contribution in [1.82, 2.24) is 4.90 Å². The van der Waals surface area contributed by atoms with Crippen LogP contribution in [0.3, 0.4) is 0 Å². The Morgan fingerprint density at radius 1 is 1.09 bits per heavy atom. The molecule has 33 heavy (non-hydrogen) atoms. The molecule has 1 saturated heterocycles. The van der Waals surface area contributed by atoms with Gasteiger partial charge in [0.2, 0.25) is 0 Å². The first-order valence-corrected chi connectivity index (χ1v) is 12.0. The number of hydrogen-bond acceptors (Lipinski definition) is 3. The second-order valence-corrected chi connectivity index (χ2v) is 9.86. The van der Waals surface area contributed by atoms with Gasteiger partial charge in [0.05, 0.1) is 12.2 Å². The topological polar surface area (TPSA) is 52.7 Å². The van der Waals surface area contributed by atoms with Crippen LogP contribution < -0.4 is 10.2 Å². The van der Waals surface area contributed by atoms with Crippen molar-refractivity contribution in [2.45, 2.75) is 11.4 Å². The lowest BCUT2D eigenvalue weighted by Crippen LogP contribution is -2.51. The summed E-state index contributed by atoms with van der Waals surface area (Å²) in [6.07, 6.45) is 0. The Labute approximate surface area is 204 Å². The average molecular weight is 502 g/mol. The van der Waals surface area contributed by atoms with Gasteiger partial charge >= 0.3 is 6.03 Å². The number of thioether (sulfide) groups is 1. The maximum absolute atomic E-state index is 14.4. The zero-order valence-electron chi connectivity index (χ0n) is 17.2. The quantitative estimate of drug-likeness (QED) is 0.470. The molecule has 1 atom stereocenters. The molecule has 0 bridgehead atoms. The third-order valence-corrected chi connectivity index (χ3v) is 7.79. The van der Waals surface area contributed by atoms with Gasteiger partial charge in [0.25, 0.3) is 5.91 Å². The Morgan fingerprint density at radius 2 is 1.91 bits per heavy atom. The average Bonchev–Trinajstić information content (AvgIpc) is 3.32. The predicted molar refractivity (Wildman–Crippen MR) is 130 cm³/mol. The van der Waals surface area contributed by atoms with Gasteiger partial charge in [-0.25, -0.2) is 9.18 Å². The van der Waals surface area contributed by atoms with E-state index in [1.807, 2.05) is 18.2 Å². The van der Waals surface area contributed by atoms with E-state index in [2.05, 4.69) is 5.32 Å². The fourth-order valence-corrected chi connectivity index (χ4v) is 6.14. The normalized spacial score (nSPS) is 19.3.